The van der Waals surface area contributed by atoms with Crippen molar-refractivity contribution in [3.05, 3.63) is 35.9 Å². The van der Waals surface area contributed by atoms with Crippen LogP contribution >= 0.6 is 0 Å². The van der Waals surface area contributed by atoms with Crippen molar-refractivity contribution in [2.45, 2.75) is 44.2 Å². The van der Waals surface area contributed by atoms with Gasteiger partial charge in [-0.3, -0.25) is 4.79 Å². The van der Waals surface area contributed by atoms with Gasteiger partial charge in [0, 0.05) is 12.5 Å². The maximum absolute atomic E-state index is 11.9. The maximum Gasteiger partial charge on any atom is 0.326 e. The Morgan fingerprint density at radius 2 is 2.10 bits per heavy atom. The van der Waals surface area contributed by atoms with E-state index >= 15 is 0 Å². The number of nitrogens with one attached hydrogen (secondary N) is 2. The lowest BCUT2D eigenvalue weighted by atomic mass is 10.0. The lowest BCUT2D eigenvalue weighted by Gasteiger charge is -2.16. The predicted molar refractivity (Wildman–Crippen MR) is 80.0 cm³/mol. The van der Waals surface area contributed by atoms with E-state index in [9.17, 15) is 14.7 Å². The standard InChI is InChI=1S/C16H22N2O3/c19-15(11-13-7-4-10-17-13)18-14(16(20)21)9-8-12-5-2-1-3-6-12/h1-3,5-6,13-14,17H,4,7-11H2,(H,18,19)(H,20,21)/t13?,14-/m0/s1. The van der Waals surface area contributed by atoms with Gasteiger partial charge in [0.1, 0.15) is 6.04 Å². The van der Waals surface area contributed by atoms with Crippen molar-refractivity contribution in [3.63, 3.8) is 0 Å². The Kier molecular flexibility index (Phi) is 5.75. The molecule has 0 aliphatic carbocycles. The van der Waals surface area contributed by atoms with Crippen molar-refractivity contribution in [1.29, 1.82) is 0 Å². The number of aliphatic carboxylic acids is 1. The first-order chi connectivity index (χ1) is 10.1. The molecule has 0 radical (unpaired) electrons. The Balaban J connectivity index is 1.81. The Morgan fingerprint density at radius 3 is 2.71 bits per heavy atom. The molecule has 0 saturated carbocycles. The van der Waals surface area contributed by atoms with E-state index < -0.39 is 12.0 Å². The van der Waals surface area contributed by atoms with E-state index in [0.29, 0.717) is 19.3 Å². The molecule has 3 N–H and O–H groups in total. The molecule has 0 bridgehead atoms. The van der Waals surface area contributed by atoms with Crippen molar-refractivity contribution < 1.29 is 14.7 Å². The van der Waals surface area contributed by atoms with Gasteiger partial charge in [-0.15, -0.1) is 0 Å². The molecule has 21 heavy (non-hydrogen) atoms. The van der Waals surface area contributed by atoms with Crippen molar-refractivity contribution >= 4 is 11.9 Å². The highest BCUT2D eigenvalue weighted by Gasteiger charge is 2.23. The van der Waals surface area contributed by atoms with E-state index in [1.165, 1.54) is 0 Å². The van der Waals surface area contributed by atoms with Gasteiger partial charge in [0.05, 0.1) is 0 Å². The van der Waals surface area contributed by atoms with Crippen LogP contribution in [0.15, 0.2) is 30.3 Å². The number of amides is 1. The highest BCUT2D eigenvalue weighted by molar-refractivity contribution is 5.83. The predicted octanol–water partition coefficient (Wildman–Crippen LogP) is 1.33. The van der Waals surface area contributed by atoms with Crippen LogP contribution in [0.4, 0.5) is 0 Å². The first kappa shape index (κ1) is 15.5. The Hall–Kier alpha value is -1.88. The van der Waals surface area contributed by atoms with Crippen molar-refractivity contribution in [2.75, 3.05) is 6.54 Å². The number of carboxylic acids is 1. The number of benzene rings is 1. The molecule has 1 amide bonds. The Bertz CT molecular complexity index is 470. The minimum Gasteiger partial charge on any atom is -0.480 e. The number of aryl methyl sites for hydroxylation is 1. The molecule has 1 aliphatic rings. The summed E-state index contributed by atoms with van der Waals surface area (Å²) in [5.41, 5.74) is 1.08. The summed E-state index contributed by atoms with van der Waals surface area (Å²) >= 11 is 0. The summed E-state index contributed by atoms with van der Waals surface area (Å²) in [6, 6.07) is 9.07. The summed E-state index contributed by atoms with van der Waals surface area (Å²) < 4.78 is 0. The minimum absolute atomic E-state index is 0.185. The fourth-order valence-corrected chi connectivity index (χ4v) is 2.62. The van der Waals surface area contributed by atoms with Gasteiger partial charge in [0.2, 0.25) is 5.91 Å². The Morgan fingerprint density at radius 1 is 1.33 bits per heavy atom. The molecule has 1 aromatic rings. The SMILES string of the molecule is O=C(CC1CCCN1)N[C@@H](CCc1ccccc1)C(=O)O. The second kappa shape index (κ2) is 7.78. The molecular weight excluding hydrogens is 268 g/mol. The first-order valence-electron chi connectivity index (χ1n) is 7.44. The number of rotatable bonds is 7. The number of hydrogen-bond acceptors (Lipinski definition) is 3. The van der Waals surface area contributed by atoms with Gasteiger partial charge in [-0.2, -0.15) is 0 Å². The van der Waals surface area contributed by atoms with Crippen LogP contribution in [0.1, 0.15) is 31.2 Å². The molecule has 5 nitrogen and oxygen atoms in total. The van der Waals surface area contributed by atoms with Gasteiger partial charge in [0.15, 0.2) is 0 Å². The van der Waals surface area contributed by atoms with Gasteiger partial charge < -0.3 is 15.7 Å². The van der Waals surface area contributed by atoms with Crippen molar-refractivity contribution in [2.24, 2.45) is 0 Å². The zero-order chi connectivity index (χ0) is 15.1. The molecule has 0 aromatic heterocycles. The average molecular weight is 290 g/mol. The molecule has 5 heteroatoms. The van der Waals surface area contributed by atoms with Crippen molar-refractivity contribution in [1.82, 2.24) is 10.6 Å². The highest BCUT2D eigenvalue weighted by atomic mass is 16.4. The normalized spacial score (nSPS) is 19.1. The number of carboxylic acid groups (broad SMARTS) is 1. The first-order valence-corrected chi connectivity index (χ1v) is 7.44. The summed E-state index contributed by atoms with van der Waals surface area (Å²) in [6.45, 7) is 0.939. The molecule has 1 unspecified atom stereocenters. The van der Waals surface area contributed by atoms with Crippen LogP contribution in [0.2, 0.25) is 0 Å². The molecule has 1 aromatic carbocycles. The fourth-order valence-electron chi connectivity index (χ4n) is 2.62. The fraction of sp³-hybridized carbons (Fsp3) is 0.500. The van der Waals surface area contributed by atoms with E-state index in [1.54, 1.807) is 0 Å². The molecule has 2 rings (SSSR count). The van der Waals surface area contributed by atoms with Crippen LogP contribution in [-0.2, 0) is 16.0 Å². The van der Waals surface area contributed by atoms with Gasteiger partial charge in [-0.25, -0.2) is 4.79 Å². The third-order valence-electron chi connectivity index (χ3n) is 3.79. The summed E-state index contributed by atoms with van der Waals surface area (Å²) in [6.07, 6.45) is 3.46. The summed E-state index contributed by atoms with van der Waals surface area (Å²) in [5.74, 6) is -1.16. The maximum atomic E-state index is 11.9. The monoisotopic (exact) mass is 290 g/mol. The second-order valence-corrected chi connectivity index (χ2v) is 5.48. The largest absolute Gasteiger partial charge is 0.480 e. The third-order valence-corrected chi connectivity index (χ3v) is 3.79. The van der Waals surface area contributed by atoms with Crippen molar-refractivity contribution in [3.8, 4) is 0 Å². The Labute approximate surface area is 124 Å². The van der Waals surface area contributed by atoms with E-state index in [2.05, 4.69) is 10.6 Å². The number of carbonyl (C=O) groups excluding carboxylic acids is 1. The van der Waals surface area contributed by atoms with Gasteiger partial charge >= 0.3 is 5.97 Å². The van der Waals surface area contributed by atoms with Gasteiger partial charge in [-0.1, -0.05) is 30.3 Å². The zero-order valence-corrected chi connectivity index (χ0v) is 12.0. The molecular formula is C16H22N2O3. The molecule has 1 heterocycles. The topological polar surface area (TPSA) is 78.4 Å². The summed E-state index contributed by atoms with van der Waals surface area (Å²) in [5, 5.41) is 15.1. The van der Waals surface area contributed by atoms with Crippen LogP contribution < -0.4 is 10.6 Å². The van der Waals surface area contributed by atoms with E-state index in [-0.39, 0.29) is 11.9 Å². The smallest absolute Gasteiger partial charge is 0.326 e. The number of carbonyl (C=O) groups is 2. The molecule has 1 aliphatic heterocycles. The number of hydrogen-bond donors (Lipinski definition) is 3. The van der Waals surface area contributed by atoms with Crippen LogP contribution in [0.3, 0.4) is 0 Å². The second-order valence-electron chi connectivity index (χ2n) is 5.48. The quantitative estimate of drug-likeness (QED) is 0.708. The summed E-state index contributed by atoms with van der Waals surface area (Å²) in [4.78, 5) is 23.2. The lowest BCUT2D eigenvalue weighted by Crippen LogP contribution is -2.43. The van der Waals surface area contributed by atoms with E-state index in [0.717, 1.165) is 24.9 Å². The van der Waals surface area contributed by atoms with Crippen LogP contribution in [0.5, 0.6) is 0 Å². The minimum atomic E-state index is -0.973. The van der Waals surface area contributed by atoms with Gasteiger partial charge in [-0.05, 0) is 37.8 Å². The highest BCUT2D eigenvalue weighted by Crippen LogP contribution is 2.10. The zero-order valence-electron chi connectivity index (χ0n) is 12.0. The average Bonchev–Trinajstić information content (AvgIpc) is 2.97. The van der Waals surface area contributed by atoms with Crippen LogP contribution in [0.25, 0.3) is 0 Å². The molecule has 1 saturated heterocycles. The molecule has 2 atom stereocenters. The van der Waals surface area contributed by atoms with Gasteiger partial charge in [0.25, 0.3) is 0 Å². The molecule has 0 spiro atoms. The van der Waals surface area contributed by atoms with E-state index in [1.807, 2.05) is 30.3 Å². The molecule has 1 fully saturated rings. The van der Waals surface area contributed by atoms with Crippen LogP contribution in [0, 0.1) is 0 Å². The summed E-state index contributed by atoms with van der Waals surface area (Å²) in [7, 11) is 0. The van der Waals surface area contributed by atoms with Crippen LogP contribution in [-0.4, -0.2) is 35.6 Å². The lowest BCUT2D eigenvalue weighted by molar-refractivity contribution is -0.142. The van der Waals surface area contributed by atoms with E-state index in [4.69, 9.17) is 0 Å². The molecule has 114 valence electrons. The third kappa shape index (κ3) is 5.19.